The van der Waals surface area contributed by atoms with Gasteiger partial charge in [-0.15, -0.1) is 0 Å². The van der Waals surface area contributed by atoms with E-state index in [0.717, 1.165) is 11.3 Å². The van der Waals surface area contributed by atoms with Crippen molar-refractivity contribution in [1.82, 2.24) is 4.90 Å². The van der Waals surface area contributed by atoms with Crippen LogP contribution in [0, 0.1) is 0 Å². The molecule has 0 heterocycles. The van der Waals surface area contributed by atoms with Crippen LogP contribution in [0.3, 0.4) is 0 Å². The van der Waals surface area contributed by atoms with Gasteiger partial charge in [-0.1, -0.05) is 18.2 Å². The highest BCUT2D eigenvalue weighted by molar-refractivity contribution is 5.79. The van der Waals surface area contributed by atoms with E-state index in [0.29, 0.717) is 6.54 Å². The van der Waals surface area contributed by atoms with Crippen LogP contribution in [0.15, 0.2) is 24.3 Å². The summed E-state index contributed by atoms with van der Waals surface area (Å²) >= 11 is 0. The number of benzene rings is 1. The first kappa shape index (κ1) is 18.8. The number of hydrogen-bond donors (Lipinski definition) is 1. The average molecular weight is 322 g/mol. The Morgan fingerprint density at radius 1 is 1.26 bits per heavy atom. The zero-order chi connectivity index (χ0) is 17.6. The highest BCUT2D eigenvalue weighted by Crippen LogP contribution is 2.19. The van der Waals surface area contributed by atoms with Crippen molar-refractivity contribution in [3.05, 3.63) is 29.8 Å². The molecule has 1 amide bonds. The maximum absolute atomic E-state index is 12.1. The largest absolute Gasteiger partial charge is 0.467 e. The smallest absolute Gasteiger partial charge is 0.410 e. The minimum absolute atomic E-state index is 0.347. The molecular weight excluding hydrogens is 296 g/mol. The van der Waals surface area contributed by atoms with Gasteiger partial charge in [0.05, 0.1) is 13.7 Å². The van der Waals surface area contributed by atoms with Crippen molar-refractivity contribution in [3.8, 4) is 0 Å². The fourth-order valence-corrected chi connectivity index (χ4v) is 1.93. The molecule has 1 atom stereocenters. The summed E-state index contributed by atoms with van der Waals surface area (Å²) in [6, 6.07) is 7.02. The fourth-order valence-electron chi connectivity index (χ4n) is 1.93. The molecule has 1 aromatic carbocycles. The lowest BCUT2D eigenvalue weighted by atomic mass is 10.1. The monoisotopic (exact) mass is 322 g/mol. The second-order valence-electron chi connectivity index (χ2n) is 6.38. The lowest BCUT2D eigenvalue weighted by Gasteiger charge is -2.25. The fraction of sp³-hybridized carbons (Fsp3) is 0.529. The maximum atomic E-state index is 12.1. The van der Waals surface area contributed by atoms with Crippen molar-refractivity contribution in [2.45, 2.75) is 45.9 Å². The summed E-state index contributed by atoms with van der Waals surface area (Å²) < 4.78 is 10.1. The minimum Gasteiger partial charge on any atom is -0.467 e. The Kier molecular flexibility index (Phi) is 6.42. The Morgan fingerprint density at radius 3 is 2.43 bits per heavy atom. The normalized spacial score (nSPS) is 12.3. The van der Waals surface area contributed by atoms with Crippen molar-refractivity contribution >= 4 is 17.7 Å². The number of esters is 1. The van der Waals surface area contributed by atoms with Gasteiger partial charge >= 0.3 is 12.1 Å². The van der Waals surface area contributed by atoms with Crippen molar-refractivity contribution < 1.29 is 19.1 Å². The van der Waals surface area contributed by atoms with Gasteiger partial charge in [-0.3, -0.25) is 0 Å². The summed E-state index contributed by atoms with van der Waals surface area (Å²) in [5.41, 5.74) is 1.13. The molecular formula is C17H26N2O4. The molecule has 1 N–H and O–H groups in total. The molecule has 0 spiro atoms. The molecule has 128 valence electrons. The topological polar surface area (TPSA) is 67.9 Å². The van der Waals surface area contributed by atoms with Crippen molar-refractivity contribution in [3.63, 3.8) is 0 Å². The number of para-hydroxylation sites is 1. The van der Waals surface area contributed by atoms with Crippen LogP contribution in [-0.4, -0.2) is 42.8 Å². The molecule has 1 unspecified atom stereocenters. The van der Waals surface area contributed by atoms with Crippen LogP contribution in [0.1, 0.15) is 33.3 Å². The second-order valence-corrected chi connectivity index (χ2v) is 6.38. The van der Waals surface area contributed by atoms with Gasteiger partial charge in [0.25, 0.3) is 0 Å². The number of anilines is 1. The van der Waals surface area contributed by atoms with Gasteiger partial charge in [-0.25, -0.2) is 9.59 Å². The predicted octanol–water partition coefficient (Wildman–Crippen LogP) is 3.03. The number of ether oxygens (including phenoxy) is 2. The third-order valence-corrected chi connectivity index (χ3v) is 3.06. The molecule has 6 nitrogen and oxygen atoms in total. The number of methoxy groups -OCH3 is 1. The van der Waals surface area contributed by atoms with E-state index < -0.39 is 17.7 Å². The van der Waals surface area contributed by atoms with E-state index in [9.17, 15) is 9.59 Å². The predicted molar refractivity (Wildman–Crippen MR) is 89.2 cm³/mol. The van der Waals surface area contributed by atoms with E-state index in [1.54, 1.807) is 14.0 Å². The number of nitrogens with one attached hydrogen (secondary N) is 1. The molecule has 23 heavy (non-hydrogen) atoms. The van der Waals surface area contributed by atoms with Gasteiger partial charge < -0.3 is 19.7 Å². The van der Waals surface area contributed by atoms with Gasteiger partial charge in [0.2, 0.25) is 0 Å². The van der Waals surface area contributed by atoms with Crippen molar-refractivity contribution in [2.75, 3.05) is 19.5 Å². The summed E-state index contributed by atoms with van der Waals surface area (Å²) in [5, 5.41) is 3.10. The molecule has 0 saturated carbocycles. The Hall–Kier alpha value is -2.24. The average Bonchev–Trinajstić information content (AvgIpc) is 2.46. The van der Waals surface area contributed by atoms with Crippen LogP contribution in [0.5, 0.6) is 0 Å². The summed E-state index contributed by atoms with van der Waals surface area (Å²) in [7, 11) is 3.03. The van der Waals surface area contributed by atoms with E-state index in [4.69, 9.17) is 9.47 Å². The first-order valence-corrected chi connectivity index (χ1v) is 7.50. The first-order valence-electron chi connectivity index (χ1n) is 7.50. The van der Waals surface area contributed by atoms with E-state index in [-0.39, 0.29) is 5.97 Å². The molecule has 0 bridgehead atoms. The van der Waals surface area contributed by atoms with Gasteiger partial charge in [0.15, 0.2) is 0 Å². The number of carbonyl (C=O) groups is 2. The van der Waals surface area contributed by atoms with Crippen molar-refractivity contribution in [2.24, 2.45) is 0 Å². The van der Waals surface area contributed by atoms with Crippen LogP contribution in [0.25, 0.3) is 0 Å². The van der Waals surface area contributed by atoms with Crippen molar-refractivity contribution in [1.29, 1.82) is 0 Å². The lowest BCUT2D eigenvalue weighted by Crippen LogP contribution is -2.34. The molecule has 0 aliphatic rings. The highest BCUT2D eigenvalue weighted by atomic mass is 16.6. The quantitative estimate of drug-likeness (QED) is 0.844. The van der Waals surface area contributed by atoms with Gasteiger partial charge in [0, 0.05) is 12.7 Å². The van der Waals surface area contributed by atoms with Gasteiger partial charge in [-0.2, -0.15) is 0 Å². The van der Waals surface area contributed by atoms with Gasteiger partial charge in [-0.05, 0) is 39.3 Å². The minimum atomic E-state index is -0.539. The molecule has 6 heteroatoms. The molecule has 0 aliphatic carbocycles. The number of rotatable bonds is 5. The third-order valence-electron chi connectivity index (χ3n) is 3.06. The molecule has 0 saturated heterocycles. The van der Waals surface area contributed by atoms with Crippen LogP contribution < -0.4 is 5.32 Å². The summed E-state index contributed by atoms with van der Waals surface area (Å²) in [6.07, 6.45) is -0.395. The van der Waals surface area contributed by atoms with Crippen LogP contribution in [0.4, 0.5) is 10.5 Å². The van der Waals surface area contributed by atoms with Crippen LogP contribution in [0.2, 0.25) is 0 Å². The molecule has 0 radical (unpaired) electrons. The van der Waals surface area contributed by atoms with Crippen LogP contribution >= 0.6 is 0 Å². The molecule has 0 fully saturated rings. The Bertz CT molecular complexity index is 552. The number of amides is 1. The highest BCUT2D eigenvalue weighted by Gasteiger charge is 2.21. The zero-order valence-corrected chi connectivity index (χ0v) is 14.7. The molecule has 0 aliphatic heterocycles. The maximum Gasteiger partial charge on any atom is 0.410 e. The molecule has 1 rings (SSSR count). The standard InChI is InChI=1S/C17H26N2O4/c1-12(15(20)22-6)18-14-10-8-7-9-13(14)11-19(5)16(21)23-17(2,3)4/h7-10,12,18H,11H2,1-6H3. The second kappa shape index (κ2) is 7.85. The molecule has 1 aromatic rings. The number of carbonyl (C=O) groups excluding carboxylic acids is 2. The number of nitrogens with zero attached hydrogens (tertiary/aromatic N) is 1. The Labute approximate surface area is 137 Å². The SMILES string of the molecule is COC(=O)C(C)Nc1ccccc1CN(C)C(=O)OC(C)(C)C. The summed E-state index contributed by atoms with van der Waals surface area (Å²) in [5.74, 6) is -0.347. The lowest BCUT2D eigenvalue weighted by molar-refractivity contribution is -0.141. The van der Waals surface area contributed by atoms with Crippen LogP contribution in [-0.2, 0) is 20.8 Å². The van der Waals surface area contributed by atoms with Gasteiger partial charge in [0.1, 0.15) is 11.6 Å². The van der Waals surface area contributed by atoms with E-state index in [1.165, 1.54) is 12.0 Å². The Balaban J connectivity index is 2.81. The summed E-state index contributed by atoms with van der Waals surface area (Å²) in [4.78, 5) is 25.1. The zero-order valence-electron chi connectivity index (χ0n) is 14.7. The Morgan fingerprint density at radius 2 is 1.87 bits per heavy atom. The van der Waals surface area contributed by atoms with E-state index >= 15 is 0 Å². The third kappa shape index (κ3) is 6.18. The number of hydrogen-bond acceptors (Lipinski definition) is 5. The van der Waals surface area contributed by atoms with E-state index in [2.05, 4.69) is 5.32 Å². The summed E-state index contributed by atoms with van der Waals surface area (Å²) in [6.45, 7) is 7.57. The molecule has 0 aromatic heterocycles. The van der Waals surface area contributed by atoms with E-state index in [1.807, 2.05) is 45.0 Å². The first-order chi connectivity index (χ1) is 10.6.